The van der Waals surface area contributed by atoms with Gasteiger partial charge in [0.25, 0.3) is 0 Å². The van der Waals surface area contributed by atoms with E-state index in [0.29, 0.717) is 0 Å². The summed E-state index contributed by atoms with van der Waals surface area (Å²) in [5.41, 5.74) is 4.89. The van der Waals surface area contributed by atoms with Crippen molar-refractivity contribution in [3.63, 3.8) is 0 Å². The van der Waals surface area contributed by atoms with Gasteiger partial charge in [-0.05, 0) is 6.92 Å². The van der Waals surface area contributed by atoms with Gasteiger partial charge in [-0.2, -0.15) is 0 Å². The van der Waals surface area contributed by atoms with Crippen molar-refractivity contribution < 1.29 is 9.59 Å². The van der Waals surface area contributed by atoms with Gasteiger partial charge < -0.3 is 10.5 Å². The van der Waals surface area contributed by atoms with E-state index in [-0.39, 0.29) is 18.1 Å². The van der Waals surface area contributed by atoms with Gasteiger partial charge in [0.1, 0.15) is 5.78 Å². The number of carbonyl (C=O) groups is 2. The molecular formula is C6H11NO2. The lowest BCUT2D eigenvalue weighted by molar-refractivity contribution is -0.126. The van der Waals surface area contributed by atoms with Crippen molar-refractivity contribution >= 4 is 11.7 Å². The number of carbonyl (C=O) groups excluding carboxylic acids is 2. The second-order valence-corrected chi connectivity index (χ2v) is 2.21. The lowest BCUT2D eigenvalue weighted by Gasteiger charge is -2.01. The largest absolute Gasteiger partial charge is 0.369 e. The van der Waals surface area contributed by atoms with Gasteiger partial charge >= 0.3 is 0 Å². The first-order valence-electron chi connectivity index (χ1n) is 2.82. The third kappa shape index (κ3) is 3.70. The van der Waals surface area contributed by atoms with E-state index in [0.717, 1.165) is 0 Å². The van der Waals surface area contributed by atoms with E-state index < -0.39 is 5.91 Å². The van der Waals surface area contributed by atoms with E-state index in [1.807, 2.05) is 0 Å². The number of primary amides is 1. The first kappa shape index (κ1) is 8.14. The minimum Gasteiger partial charge on any atom is -0.369 e. The molecule has 0 aromatic carbocycles. The van der Waals surface area contributed by atoms with Crippen LogP contribution in [0.4, 0.5) is 0 Å². The maximum Gasteiger partial charge on any atom is 0.220 e. The molecule has 3 heteroatoms. The SMILES string of the molecule is CC(=O)C[C@H](C)C(N)=O. The van der Waals surface area contributed by atoms with Crippen LogP contribution in [-0.4, -0.2) is 11.7 Å². The highest BCUT2D eigenvalue weighted by molar-refractivity contribution is 5.84. The average molecular weight is 129 g/mol. The van der Waals surface area contributed by atoms with Crippen molar-refractivity contribution in [1.82, 2.24) is 0 Å². The van der Waals surface area contributed by atoms with Crippen molar-refractivity contribution in [2.45, 2.75) is 20.3 Å². The maximum atomic E-state index is 10.4. The van der Waals surface area contributed by atoms with Crippen molar-refractivity contribution in [2.24, 2.45) is 11.7 Å². The van der Waals surface area contributed by atoms with Crippen LogP contribution in [-0.2, 0) is 9.59 Å². The molecule has 0 fully saturated rings. The highest BCUT2D eigenvalue weighted by Crippen LogP contribution is 1.99. The number of ketones is 1. The van der Waals surface area contributed by atoms with E-state index in [9.17, 15) is 9.59 Å². The van der Waals surface area contributed by atoms with Crippen molar-refractivity contribution in [1.29, 1.82) is 0 Å². The normalized spacial score (nSPS) is 12.7. The Labute approximate surface area is 54.2 Å². The third-order valence-corrected chi connectivity index (χ3v) is 1.08. The molecule has 3 nitrogen and oxygen atoms in total. The molecule has 0 unspecified atom stereocenters. The summed E-state index contributed by atoms with van der Waals surface area (Å²) in [7, 11) is 0. The third-order valence-electron chi connectivity index (χ3n) is 1.08. The lowest BCUT2D eigenvalue weighted by atomic mass is 10.1. The molecule has 0 bridgehead atoms. The lowest BCUT2D eigenvalue weighted by Crippen LogP contribution is -2.22. The molecule has 0 aromatic rings. The second-order valence-electron chi connectivity index (χ2n) is 2.21. The van der Waals surface area contributed by atoms with Gasteiger partial charge in [-0.1, -0.05) is 6.92 Å². The monoisotopic (exact) mass is 129 g/mol. The average Bonchev–Trinajstić information content (AvgIpc) is 1.63. The van der Waals surface area contributed by atoms with Gasteiger partial charge in [0.15, 0.2) is 0 Å². The molecule has 0 spiro atoms. The zero-order valence-corrected chi connectivity index (χ0v) is 5.68. The van der Waals surface area contributed by atoms with Crippen molar-refractivity contribution in [2.75, 3.05) is 0 Å². The Morgan fingerprint density at radius 3 is 2.11 bits per heavy atom. The van der Waals surface area contributed by atoms with Crippen LogP contribution in [0, 0.1) is 5.92 Å². The van der Waals surface area contributed by atoms with Crippen LogP contribution in [0.5, 0.6) is 0 Å². The fraction of sp³-hybridized carbons (Fsp3) is 0.667. The molecule has 0 saturated carbocycles. The van der Waals surface area contributed by atoms with E-state index >= 15 is 0 Å². The summed E-state index contributed by atoms with van der Waals surface area (Å²) in [6.07, 6.45) is 0.259. The molecule has 0 heterocycles. The summed E-state index contributed by atoms with van der Waals surface area (Å²) in [5.74, 6) is -0.728. The standard InChI is InChI=1S/C6H11NO2/c1-4(6(7)9)3-5(2)8/h4H,3H2,1-2H3,(H2,7,9)/t4-/m0/s1. The highest BCUT2D eigenvalue weighted by atomic mass is 16.1. The zero-order valence-electron chi connectivity index (χ0n) is 5.68. The van der Waals surface area contributed by atoms with Crippen LogP contribution in [0.2, 0.25) is 0 Å². The van der Waals surface area contributed by atoms with Crippen LogP contribution in [0.25, 0.3) is 0 Å². The molecule has 0 aliphatic heterocycles. The smallest absolute Gasteiger partial charge is 0.220 e. The topological polar surface area (TPSA) is 60.2 Å². The Bertz CT molecular complexity index is 131. The molecule has 52 valence electrons. The Morgan fingerprint density at radius 2 is 2.00 bits per heavy atom. The second kappa shape index (κ2) is 3.22. The fourth-order valence-electron chi connectivity index (χ4n) is 0.532. The number of nitrogens with two attached hydrogens (primary N) is 1. The molecule has 0 saturated heterocycles. The van der Waals surface area contributed by atoms with E-state index in [2.05, 4.69) is 0 Å². The summed E-state index contributed by atoms with van der Waals surface area (Å²) < 4.78 is 0. The van der Waals surface area contributed by atoms with E-state index in [1.54, 1.807) is 6.92 Å². The van der Waals surface area contributed by atoms with Crippen LogP contribution >= 0.6 is 0 Å². The van der Waals surface area contributed by atoms with Gasteiger partial charge in [0.2, 0.25) is 5.91 Å². The van der Waals surface area contributed by atoms with E-state index in [1.165, 1.54) is 6.92 Å². The van der Waals surface area contributed by atoms with Gasteiger partial charge in [-0.25, -0.2) is 0 Å². The molecule has 0 aliphatic rings. The van der Waals surface area contributed by atoms with Gasteiger partial charge in [0.05, 0.1) is 0 Å². The molecule has 2 N–H and O–H groups in total. The number of rotatable bonds is 3. The Kier molecular flexibility index (Phi) is 2.91. The molecular weight excluding hydrogens is 118 g/mol. The molecule has 0 aliphatic carbocycles. The first-order chi connectivity index (χ1) is 4.04. The van der Waals surface area contributed by atoms with Gasteiger partial charge in [0, 0.05) is 12.3 Å². The first-order valence-corrected chi connectivity index (χ1v) is 2.82. The summed E-state index contributed by atoms with van der Waals surface area (Å²) >= 11 is 0. The number of amides is 1. The Balaban J connectivity index is 3.63. The minimum absolute atomic E-state index is 0.00120. The van der Waals surface area contributed by atoms with Crippen molar-refractivity contribution in [3.8, 4) is 0 Å². The zero-order chi connectivity index (χ0) is 7.44. The molecule has 1 atom stereocenters. The maximum absolute atomic E-state index is 10.4. The number of hydrogen-bond acceptors (Lipinski definition) is 2. The summed E-state index contributed by atoms with van der Waals surface area (Å²) in [6.45, 7) is 3.09. The molecule has 9 heavy (non-hydrogen) atoms. The van der Waals surface area contributed by atoms with Crippen LogP contribution < -0.4 is 5.73 Å². The predicted octanol–water partition coefficient (Wildman–Crippen LogP) is 0.0869. The van der Waals surface area contributed by atoms with Crippen LogP contribution in [0.3, 0.4) is 0 Å². The fourth-order valence-corrected chi connectivity index (χ4v) is 0.532. The van der Waals surface area contributed by atoms with Crippen LogP contribution in [0.15, 0.2) is 0 Å². The van der Waals surface area contributed by atoms with Crippen LogP contribution in [0.1, 0.15) is 20.3 Å². The number of hydrogen-bond donors (Lipinski definition) is 1. The Hall–Kier alpha value is -0.860. The molecule has 0 radical (unpaired) electrons. The Morgan fingerprint density at radius 1 is 1.56 bits per heavy atom. The molecule has 1 amide bonds. The molecule has 0 rings (SSSR count). The molecule has 0 aromatic heterocycles. The van der Waals surface area contributed by atoms with Gasteiger partial charge in [-0.15, -0.1) is 0 Å². The summed E-state index contributed by atoms with van der Waals surface area (Å²) in [6, 6.07) is 0. The minimum atomic E-state index is -0.412. The highest BCUT2D eigenvalue weighted by Gasteiger charge is 2.09. The summed E-state index contributed by atoms with van der Waals surface area (Å²) in [5, 5.41) is 0. The van der Waals surface area contributed by atoms with Gasteiger partial charge in [-0.3, -0.25) is 4.79 Å². The van der Waals surface area contributed by atoms with E-state index in [4.69, 9.17) is 5.73 Å². The quantitative estimate of drug-likeness (QED) is 0.587. The summed E-state index contributed by atoms with van der Waals surface area (Å²) in [4.78, 5) is 20.7. The predicted molar refractivity (Wildman–Crippen MR) is 33.7 cm³/mol. The van der Waals surface area contributed by atoms with Crippen molar-refractivity contribution in [3.05, 3.63) is 0 Å². The number of Topliss-reactive ketones (excluding diaryl/α,β-unsaturated/α-hetero) is 1.